The molecule has 0 saturated heterocycles. The van der Waals surface area contributed by atoms with Gasteiger partial charge in [0.2, 0.25) is 5.91 Å². The van der Waals surface area contributed by atoms with Crippen LogP contribution in [0.5, 0.6) is 0 Å². The predicted octanol–water partition coefficient (Wildman–Crippen LogP) is 2.35. The molecule has 0 aromatic carbocycles. The first-order chi connectivity index (χ1) is 12.5. The molecule has 3 rings (SSSR count). The average Bonchev–Trinajstić information content (AvgIpc) is 3.15. The molecule has 1 amide bonds. The fourth-order valence-electron chi connectivity index (χ4n) is 2.35. The third-order valence-electron chi connectivity index (χ3n) is 3.45. The number of carbonyl (C=O) groups is 1. The van der Waals surface area contributed by atoms with Crippen molar-refractivity contribution in [3.8, 4) is 22.7 Å². The van der Waals surface area contributed by atoms with Crippen LogP contribution < -0.4 is 11.5 Å². The van der Waals surface area contributed by atoms with Crippen LogP contribution in [0.2, 0.25) is 0 Å². The number of hydrogen-bond donors (Lipinski definition) is 2. The summed E-state index contributed by atoms with van der Waals surface area (Å²) in [6.45, 7) is 1.31. The molecule has 8 nitrogen and oxygen atoms in total. The van der Waals surface area contributed by atoms with Gasteiger partial charge in [-0.05, 0) is 30.5 Å². The summed E-state index contributed by atoms with van der Waals surface area (Å²) in [7, 11) is 0. The molecular formula is C17H16N6O2S. The van der Waals surface area contributed by atoms with Crippen LogP contribution in [0.25, 0.3) is 22.7 Å². The zero-order valence-corrected chi connectivity index (χ0v) is 14.9. The maximum Gasteiger partial charge on any atom is 0.244 e. The smallest absolute Gasteiger partial charge is 0.244 e. The molecule has 0 saturated carbocycles. The highest BCUT2D eigenvalue weighted by atomic mass is 32.2. The van der Waals surface area contributed by atoms with Crippen molar-refractivity contribution in [2.45, 2.75) is 12.1 Å². The van der Waals surface area contributed by atoms with Gasteiger partial charge in [0.05, 0.1) is 17.5 Å². The Morgan fingerprint density at radius 2 is 2.12 bits per heavy atom. The first-order valence-electron chi connectivity index (χ1n) is 7.56. The Bertz CT molecular complexity index is 985. The fraction of sp³-hybridized carbons (Fsp3) is 0.118. The number of pyridine rings is 1. The number of amidine groups is 1. The van der Waals surface area contributed by atoms with Crippen LogP contribution in [-0.2, 0) is 4.79 Å². The zero-order valence-electron chi connectivity index (χ0n) is 14.1. The molecule has 0 unspecified atom stereocenters. The molecule has 4 N–H and O–H groups in total. The number of nitrogens with two attached hydrogens (primary N) is 2. The van der Waals surface area contributed by atoms with E-state index in [9.17, 15) is 4.79 Å². The molecule has 0 aliphatic rings. The second-order valence-electron chi connectivity index (χ2n) is 5.24. The molecule has 0 aliphatic carbocycles. The van der Waals surface area contributed by atoms with Gasteiger partial charge < -0.3 is 15.9 Å². The highest BCUT2D eigenvalue weighted by Gasteiger charge is 2.18. The number of amides is 1. The van der Waals surface area contributed by atoms with Crippen molar-refractivity contribution in [2.75, 3.05) is 12.0 Å². The second-order valence-corrected chi connectivity index (χ2v) is 6.01. The van der Waals surface area contributed by atoms with E-state index < -0.39 is 5.91 Å². The van der Waals surface area contributed by atoms with Gasteiger partial charge in [-0.25, -0.2) is 15.0 Å². The summed E-state index contributed by atoms with van der Waals surface area (Å²) < 4.78 is 5.48. The van der Waals surface area contributed by atoms with Crippen molar-refractivity contribution in [3.63, 3.8) is 0 Å². The Hall–Kier alpha value is -3.20. The van der Waals surface area contributed by atoms with E-state index >= 15 is 0 Å². The fourth-order valence-corrected chi connectivity index (χ4v) is 2.70. The molecule has 0 radical (unpaired) electrons. The Morgan fingerprint density at radius 1 is 1.31 bits per heavy atom. The minimum absolute atomic E-state index is 0.00566. The largest absolute Gasteiger partial charge is 0.463 e. The SMILES string of the molecule is CSc1nccc(-c2cc(C(N)=NC(C)=O)c(N)nc2-c2ccco2)n1. The number of furan rings is 1. The van der Waals surface area contributed by atoms with Gasteiger partial charge >= 0.3 is 0 Å². The number of aliphatic imine (C=N–C) groups is 1. The van der Waals surface area contributed by atoms with E-state index in [1.54, 1.807) is 36.7 Å². The maximum atomic E-state index is 11.3. The van der Waals surface area contributed by atoms with Gasteiger partial charge in [-0.15, -0.1) is 0 Å². The van der Waals surface area contributed by atoms with E-state index in [4.69, 9.17) is 15.9 Å². The predicted molar refractivity (Wildman–Crippen MR) is 101 cm³/mol. The molecule has 3 aromatic heterocycles. The minimum atomic E-state index is -0.426. The molecule has 3 aromatic rings. The number of anilines is 1. The van der Waals surface area contributed by atoms with Crippen molar-refractivity contribution in [2.24, 2.45) is 10.7 Å². The van der Waals surface area contributed by atoms with Crippen molar-refractivity contribution in [1.82, 2.24) is 15.0 Å². The zero-order chi connectivity index (χ0) is 18.7. The van der Waals surface area contributed by atoms with Crippen LogP contribution in [0.3, 0.4) is 0 Å². The molecule has 0 aliphatic heterocycles. The number of aromatic nitrogens is 3. The molecule has 26 heavy (non-hydrogen) atoms. The minimum Gasteiger partial charge on any atom is -0.463 e. The lowest BCUT2D eigenvalue weighted by atomic mass is 10.0. The molecule has 0 fully saturated rings. The summed E-state index contributed by atoms with van der Waals surface area (Å²) in [6, 6.07) is 6.98. The van der Waals surface area contributed by atoms with Gasteiger partial charge in [-0.1, -0.05) is 11.8 Å². The summed E-state index contributed by atoms with van der Waals surface area (Å²) in [4.78, 5) is 28.1. The third kappa shape index (κ3) is 3.57. The van der Waals surface area contributed by atoms with Gasteiger partial charge in [-0.2, -0.15) is 4.99 Å². The Morgan fingerprint density at radius 3 is 2.77 bits per heavy atom. The summed E-state index contributed by atoms with van der Waals surface area (Å²) in [5, 5.41) is 0.608. The van der Waals surface area contributed by atoms with E-state index in [2.05, 4.69) is 19.9 Å². The van der Waals surface area contributed by atoms with E-state index in [-0.39, 0.29) is 11.7 Å². The molecule has 132 valence electrons. The molecule has 0 spiro atoms. The van der Waals surface area contributed by atoms with Crippen molar-refractivity contribution in [1.29, 1.82) is 0 Å². The Kier molecular flexibility index (Phi) is 4.99. The lowest BCUT2D eigenvalue weighted by Gasteiger charge is -2.12. The first kappa shape index (κ1) is 17.6. The van der Waals surface area contributed by atoms with Gasteiger partial charge in [0.15, 0.2) is 10.9 Å². The van der Waals surface area contributed by atoms with Crippen LogP contribution >= 0.6 is 11.8 Å². The van der Waals surface area contributed by atoms with Crippen molar-refractivity contribution in [3.05, 3.63) is 42.3 Å². The average molecular weight is 368 g/mol. The molecular weight excluding hydrogens is 352 g/mol. The molecule has 0 atom stereocenters. The van der Waals surface area contributed by atoms with E-state index in [0.29, 0.717) is 33.4 Å². The second kappa shape index (κ2) is 7.36. The number of thioether (sulfide) groups is 1. The Balaban J connectivity index is 2.26. The number of nitrogens with zero attached hydrogens (tertiary/aromatic N) is 4. The standard InChI is InChI=1S/C17H16N6O2S/c1-9(24)21-15(18)11-8-10(12-5-6-20-17(22-12)26-2)14(23-16(11)19)13-4-3-7-25-13/h3-8H,1-2H3,(H2,19,23)(H2,18,21,24). The van der Waals surface area contributed by atoms with Gasteiger partial charge in [0.25, 0.3) is 0 Å². The van der Waals surface area contributed by atoms with Crippen LogP contribution in [0.4, 0.5) is 5.82 Å². The highest BCUT2D eigenvalue weighted by molar-refractivity contribution is 7.98. The normalized spacial score (nSPS) is 11.5. The van der Waals surface area contributed by atoms with Crippen LogP contribution in [0.15, 0.2) is 51.3 Å². The maximum absolute atomic E-state index is 11.3. The number of rotatable bonds is 4. The van der Waals surface area contributed by atoms with Gasteiger partial charge in [-0.3, -0.25) is 4.79 Å². The summed E-state index contributed by atoms with van der Waals surface area (Å²) in [5.41, 5.74) is 14.1. The van der Waals surface area contributed by atoms with Crippen LogP contribution in [0.1, 0.15) is 12.5 Å². The van der Waals surface area contributed by atoms with Crippen molar-refractivity contribution < 1.29 is 9.21 Å². The summed E-state index contributed by atoms with van der Waals surface area (Å²) in [5.74, 6) is 0.241. The van der Waals surface area contributed by atoms with Gasteiger partial charge in [0, 0.05) is 18.7 Å². The lowest BCUT2D eigenvalue weighted by Crippen LogP contribution is -2.18. The third-order valence-corrected chi connectivity index (χ3v) is 4.01. The highest BCUT2D eigenvalue weighted by Crippen LogP contribution is 2.33. The van der Waals surface area contributed by atoms with Crippen molar-refractivity contribution >= 4 is 29.3 Å². The molecule has 0 bridgehead atoms. The quantitative estimate of drug-likeness (QED) is 0.310. The van der Waals surface area contributed by atoms with E-state index in [0.717, 1.165) is 0 Å². The number of carbonyl (C=O) groups excluding carboxylic acids is 1. The number of nitrogen functional groups attached to an aromatic ring is 1. The lowest BCUT2D eigenvalue weighted by molar-refractivity contribution is -0.115. The van der Waals surface area contributed by atoms with Crippen LogP contribution in [0, 0.1) is 0 Å². The van der Waals surface area contributed by atoms with E-state index in [1.165, 1.54) is 18.7 Å². The number of hydrogen-bond acceptors (Lipinski definition) is 7. The Labute approximate surface area is 153 Å². The van der Waals surface area contributed by atoms with Crippen LogP contribution in [-0.4, -0.2) is 33.0 Å². The first-order valence-corrected chi connectivity index (χ1v) is 8.79. The molecule has 9 heteroatoms. The summed E-state index contributed by atoms with van der Waals surface area (Å²) >= 11 is 1.42. The summed E-state index contributed by atoms with van der Waals surface area (Å²) in [6.07, 6.45) is 5.09. The molecule has 3 heterocycles. The monoisotopic (exact) mass is 368 g/mol. The van der Waals surface area contributed by atoms with E-state index in [1.807, 2.05) is 6.26 Å². The van der Waals surface area contributed by atoms with Gasteiger partial charge in [0.1, 0.15) is 17.3 Å². The topological polar surface area (TPSA) is 133 Å².